The zero-order valence-corrected chi connectivity index (χ0v) is 16.2. The second-order valence-electron chi connectivity index (χ2n) is 7.15. The molecule has 3 rings (SSSR count). The molecule has 0 saturated carbocycles. The molecule has 0 spiro atoms. The van der Waals surface area contributed by atoms with Gasteiger partial charge in [0.1, 0.15) is 13.2 Å². The second kappa shape index (κ2) is 7.79. The molecular weight excluding hydrogens is 368 g/mol. The van der Waals surface area contributed by atoms with E-state index in [2.05, 4.69) is 10.5 Å². The van der Waals surface area contributed by atoms with Crippen molar-refractivity contribution in [3.8, 4) is 17.2 Å². The number of carbonyl (C=O) groups excluding carboxylic acids is 2. The monoisotopic (exact) mass is 390 g/mol. The Labute approximate surface area is 161 Å². The van der Waals surface area contributed by atoms with E-state index in [4.69, 9.17) is 23.5 Å². The Morgan fingerprint density at radius 2 is 1.93 bits per heavy atom. The Balaban J connectivity index is 1.61. The largest absolute Gasteiger partial charge is 0.493 e. The topological polar surface area (TPSA) is 109 Å². The number of ether oxygens (including phenoxy) is 4. The van der Waals surface area contributed by atoms with Crippen molar-refractivity contribution in [2.75, 3.05) is 32.2 Å². The van der Waals surface area contributed by atoms with E-state index in [9.17, 15) is 9.59 Å². The van der Waals surface area contributed by atoms with E-state index in [1.165, 1.54) is 19.2 Å². The fourth-order valence-electron chi connectivity index (χ4n) is 2.47. The van der Waals surface area contributed by atoms with E-state index < -0.39 is 18.5 Å². The molecule has 1 amide bonds. The number of fused-ring (bicyclic) bond motifs is 1. The average molecular weight is 390 g/mol. The number of carbonyl (C=O) groups is 2. The van der Waals surface area contributed by atoms with Crippen molar-refractivity contribution in [2.45, 2.75) is 26.2 Å². The third-order valence-corrected chi connectivity index (χ3v) is 3.94. The summed E-state index contributed by atoms with van der Waals surface area (Å²) in [5, 5.41) is 6.41. The van der Waals surface area contributed by atoms with Gasteiger partial charge in [-0.2, -0.15) is 0 Å². The Bertz CT molecular complexity index is 866. The first-order valence-electron chi connectivity index (χ1n) is 8.69. The van der Waals surface area contributed by atoms with Crippen molar-refractivity contribution in [3.05, 3.63) is 29.5 Å². The summed E-state index contributed by atoms with van der Waals surface area (Å²) in [4.78, 5) is 24.3. The van der Waals surface area contributed by atoms with Crippen LogP contribution >= 0.6 is 0 Å². The maximum absolute atomic E-state index is 12.3. The highest BCUT2D eigenvalue weighted by atomic mass is 16.6. The first kappa shape index (κ1) is 19.5. The van der Waals surface area contributed by atoms with Gasteiger partial charge in [0.2, 0.25) is 11.6 Å². The molecule has 1 aromatic carbocycles. The van der Waals surface area contributed by atoms with Crippen molar-refractivity contribution in [1.29, 1.82) is 0 Å². The summed E-state index contributed by atoms with van der Waals surface area (Å²) < 4.78 is 26.3. The summed E-state index contributed by atoms with van der Waals surface area (Å²) >= 11 is 0. The van der Waals surface area contributed by atoms with Gasteiger partial charge in [0.15, 0.2) is 18.1 Å². The maximum Gasteiger partial charge on any atom is 0.338 e. The third-order valence-electron chi connectivity index (χ3n) is 3.94. The van der Waals surface area contributed by atoms with Crippen LogP contribution in [0, 0.1) is 0 Å². The molecule has 0 unspecified atom stereocenters. The number of nitrogens with one attached hydrogen (secondary N) is 1. The minimum atomic E-state index is -0.696. The van der Waals surface area contributed by atoms with Crippen molar-refractivity contribution in [2.24, 2.45) is 0 Å². The molecule has 0 atom stereocenters. The van der Waals surface area contributed by atoms with Gasteiger partial charge < -0.3 is 23.5 Å². The van der Waals surface area contributed by atoms with Crippen LogP contribution in [0.1, 0.15) is 36.8 Å². The highest BCUT2D eigenvalue weighted by Gasteiger charge is 2.23. The molecule has 28 heavy (non-hydrogen) atoms. The number of benzene rings is 1. The van der Waals surface area contributed by atoms with Crippen LogP contribution in [0.15, 0.2) is 22.7 Å². The van der Waals surface area contributed by atoms with Gasteiger partial charge in [0.25, 0.3) is 5.91 Å². The molecule has 150 valence electrons. The minimum absolute atomic E-state index is 0.184. The molecule has 2 aromatic rings. The number of hydrogen-bond donors (Lipinski definition) is 1. The number of amides is 1. The molecule has 1 aliphatic rings. The highest BCUT2D eigenvalue weighted by molar-refractivity contribution is 5.95. The number of anilines is 1. The maximum atomic E-state index is 12.3. The van der Waals surface area contributed by atoms with Crippen LogP contribution in [0.25, 0.3) is 0 Å². The quantitative estimate of drug-likeness (QED) is 0.776. The number of nitrogens with zero attached hydrogens (tertiary/aromatic N) is 1. The van der Waals surface area contributed by atoms with Gasteiger partial charge in [-0.1, -0.05) is 25.9 Å². The number of rotatable bonds is 5. The minimum Gasteiger partial charge on any atom is -0.493 e. The molecule has 9 heteroatoms. The zero-order chi connectivity index (χ0) is 20.3. The van der Waals surface area contributed by atoms with E-state index in [1.54, 1.807) is 6.07 Å². The van der Waals surface area contributed by atoms with Gasteiger partial charge in [-0.25, -0.2) is 4.79 Å². The standard InChI is InChI=1S/C19H22N2O7/c1-19(2,3)14-9-16(28-21-14)20-15(22)10-27-18(23)11-7-12(24-4)17-13(8-11)25-5-6-26-17/h7-9H,5-6,10H2,1-4H3,(H,20,22). The molecule has 1 N–H and O–H groups in total. The van der Waals surface area contributed by atoms with Crippen LogP contribution in [0.2, 0.25) is 0 Å². The number of methoxy groups -OCH3 is 1. The van der Waals surface area contributed by atoms with Crippen molar-refractivity contribution >= 4 is 17.8 Å². The summed E-state index contributed by atoms with van der Waals surface area (Å²) in [7, 11) is 1.46. The normalized spacial score (nSPS) is 13.0. The molecule has 0 fully saturated rings. The van der Waals surface area contributed by atoms with E-state index in [-0.39, 0.29) is 16.9 Å². The number of aromatic nitrogens is 1. The summed E-state index contributed by atoms with van der Waals surface area (Å²) in [5.74, 6) is 0.117. The first-order chi connectivity index (χ1) is 13.3. The average Bonchev–Trinajstić information content (AvgIpc) is 3.14. The van der Waals surface area contributed by atoms with Crippen LogP contribution in [-0.4, -0.2) is 44.0 Å². The molecule has 0 bridgehead atoms. The fourth-order valence-corrected chi connectivity index (χ4v) is 2.47. The van der Waals surface area contributed by atoms with Crippen LogP contribution < -0.4 is 19.5 Å². The van der Waals surface area contributed by atoms with Crippen LogP contribution in [0.3, 0.4) is 0 Å². The second-order valence-corrected chi connectivity index (χ2v) is 7.15. The lowest BCUT2D eigenvalue weighted by Crippen LogP contribution is -2.21. The van der Waals surface area contributed by atoms with E-state index in [0.29, 0.717) is 36.2 Å². The molecular formula is C19H22N2O7. The van der Waals surface area contributed by atoms with Gasteiger partial charge in [-0.15, -0.1) is 0 Å². The fraction of sp³-hybridized carbons (Fsp3) is 0.421. The zero-order valence-electron chi connectivity index (χ0n) is 16.2. The molecule has 1 aromatic heterocycles. The Kier molecular flexibility index (Phi) is 5.43. The van der Waals surface area contributed by atoms with E-state index in [0.717, 1.165) is 0 Å². The first-order valence-corrected chi connectivity index (χ1v) is 8.69. The van der Waals surface area contributed by atoms with Gasteiger partial charge in [-0.3, -0.25) is 10.1 Å². The predicted octanol–water partition coefficient (Wildman–Crippen LogP) is 2.55. The number of hydrogen-bond acceptors (Lipinski definition) is 8. The third kappa shape index (κ3) is 4.36. The summed E-state index contributed by atoms with van der Waals surface area (Å²) in [5.41, 5.74) is 0.669. The lowest BCUT2D eigenvalue weighted by atomic mass is 9.92. The highest BCUT2D eigenvalue weighted by Crippen LogP contribution is 2.40. The van der Waals surface area contributed by atoms with Gasteiger partial charge in [-0.05, 0) is 12.1 Å². The van der Waals surface area contributed by atoms with Crippen molar-refractivity contribution in [3.63, 3.8) is 0 Å². The van der Waals surface area contributed by atoms with Gasteiger partial charge in [0, 0.05) is 11.5 Å². The molecule has 2 heterocycles. The predicted molar refractivity (Wildman–Crippen MR) is 98.1 cm³/mol. The summed E-state index contributed by atoms with van der Waals surface area (Å²) in [6, 6.07) is 4.59. The Morgan fingerprint density at radius 1 is 1.18 bits per heavy atom. The Morgan fingerprint density at radius 3 is 2.61 bits per heavy atom. The lowest BCUT2D eigenvalue weighted by Gasteiger charge is -2.21. The Hall–Kier alpha value is -3.23. The van der Waals surface area contributed by atoms with Crippen molar-refractivity contribution in [1.82, 2.24) is 5.16 Å². The van der Waals surface area contributed by atoms with Crippen LogP contribution in [0.4, 0.5) is 5.88 Å². The SMILES string of the molecule is COc1cc(C(=O)OCC(=O)Nc2cc(C(C)(C)C)no2)cc2c1OCCO2. The molecule has 0 saturated heterocycles. The summed E-state index contributed by atoms with van der Waals surface area (Å²) in [6.07, 6.45) is 0. The summed E-state index contributed by atoms with van der Waals surface area (Å²) in [6.45, 7) is 6.19. The molecule has 1 aliphatic heterocycles. The molecule has 0 radical (unpaired) electrons. The van der Waals surface area contributed by atoms with E-state index >= 15 is 0 Å². The van der Waals surface area contributed by atoms with Gasteiger partial charge >= 0.3 is 5.97 Å². The molecule has 0 aliphatic carbocycles. The number of esters is 1. The van der Waals surface area contributed by atoms with Crippen molar-refractivity contribution < 1.29 is 33.1 Å². The van der Waals surface area contributed by atoms with Crippen LogP contribution in [0.5, 0.6) is 17.2 Å². The lowest BCUT2D eigenvalue weighted by molar-refractivity contribution is -0.119. The van der Waals surface area contributed by atoms with Gasteiger partial charge in [0.05, 0.1) is 18.4 Å². The molecule has 9 nitrogen and oxygen atoms in total. The van der Waals surface area contributed by atoms with E-state index in [1.807, 2.05) is 20.8 Å². The smallest absolute Gasteiger partial charge is 0.338 e. The van der Waals surface area contributed by atoms with Crippen LogP contribution in [-0.2, 0) is 14.9 Å².